The highest BCUT2D eigenvalue weighted by Gasteiger charge is 2.18. The van der Waals surface area contributed by atoms with Gasteiger partial charge < -0.3 is 19.1 Å². The lowest BCUT2D eigenvalue weighted by molar-refractivity contribution is 0.122. The van der Waals surface area contributed by atoms with Crippen LogP contribution in [0.2, 0.25) is 0 Å². The zero-order chi connectivity index (χ0) is 18.6. The maximum atomic E-state index is 12.6. The van der Waals surface area contributed by atoms with E-state index in [2.05, 4.69) is 14.7 Å². The smallest absolute Gasteiger partial charge is 0.262 e. The molecule has 1 aliphatic heterocycles. The number of hydrogen-bond acceptors (Lipinski definition) is 8. The van der Waals surface area contributed by atoms with Crippen molar-refractivity contribution in [3.05, 3.63) is 30.6 Å². The number of methoxy groups -OCH3 is 2. The Balaban J connectivity index is 1.76. The first-order valence-electron chi connectivity index (χ1n) is 7.93. The summed E-state index contributed by atoms with van der Waals surface area (Å²) in [7, 11) is -0.880. The molecule has 0 bridgehead atoms. The Hall–Kier alpha value is -2.59. The van der Waals surface area contributed by atoms with E-state index < -0.39 is 10.0 Å². The summed E-state index contributed by atoms with van der Waals surface area (Å²) in [6.45, 7) is 2.65. The normalized spacial score (nSPS) is 14.8. The standard InChI is InChI=1S/C16H20N4O5S/c1-23-14-4-3-13(9-15(14)24-2)26(21,22)19-12-10-17-16(18-11-12)20-5-7-25-8-6-20/h3-4,9-11,19H,5-8H2,1-2H3. The molecule has 1 saturated heterocycles. The molecule has 0 spiro atoms. The van der Waals surface area contributed by atoms with Gasteiger partial charge >= 0.3 is 0 Å². The zero-order valence-electron chi connectivity index (χ0n) is 14.5. The molecule has 10 heteroatoms. The second-order valence-corrected chi connectivity index (χ2v) is 7.18. The van der Waals surface area contributed by atoms with Crippen LogP contribution in [0.5, 0.6) is 11.5 Å². The molecular weight excluding hydrogens is 360 g/mol. The summed E-state index contributed by atoms with van der Waals surface area (Å²) < 4.78 is 43.1. The van der Waals surface area contributed by atoms with Gasteiger partial charge in [-0.05, 0) is 12.1 Å². The van der Waals surface area contributed by atoms with E-state index in [9.17, 15) is 8.42 Å². The SMILES string of the molecule is COc1ccc(S(=O)(=O)Nc2cnc(N3CCOCC3)nc2)cc1OC. The maximum absolute atomic E-state index is 12.6. The fraction of sp³-hybridized carbons (Fsp3) is 0.375. The number of nitrogens with one attached hydrogen (secondary N) is 1. The molecule has 2 heterocycles. The van der Waals surface area contributed by atoms with E-state index in [1.807, 2.05) is 4.90 Å². The van der Waals surface area contributed by atoms with E-state index in [0.29, 0.717) is 43.8 Å². The Kier molecular flexibility index (Phi) is 5.43. The predicted octanol–water partition coefficient (Wildman–Crippen LogP) is 1.13. The van der Waals surface area contributed by atoms with E-state index in [1.165, 1.54) is 44.8 Å². The van der Waals surface area contributed by atoms with Gasteiger partial charge in [-0.3, -0.25) is 4.72 Å². The topological polar surface area (TPSA) is 103 Å². The third-order valence-corrected chi connectivity index (χ3v) is 5.23. The van der Waals surface area contributed by atoms with Crippen molar-refractivity contribution in [3.63, 3.8) is 0 Å². The lowest BCUT2D eigenvalue weighted by atomic mass is 10.3. The van der Waals surface area contributed by atoms with E-state index in [-0.39, 0.29) is 10.6 Å². The van der Waals surface area contributed by atoms with Crippen LogP contribution < -0.4 is 19.1 Å². The highest BCUT2D eigenvalue weighted by Crippen LogP contribution is 2.30. The van der Waals surface area contributed by atoms with Crippen LogP contribution >= 0.6 is 0 Å². The highest BCUT2D eigenvalue weighted by atomic mass is 32.2. The zero-order valence-corrected chi connectivity index (χ0v) is 15.3. The molecule has 0 saturated carbocycles. The van der Waals surface area contributed by atoms with Crippen molar-refractivity contribution in [2.45, 2.75) is 4.90 Å². The lowest BCUT2D eigenvalue weighted by Gasteiger charge is -2.26. The fourth-order valence-electron chi connectivity index (χ4n) is 2.50. The minimum Gasteiger partial charge on any atom is -0.493 e. The number of sulfonamides is 1. The Morgan fingerprint density at radius 3 is 2.35 bits per heavy atom. The monoisotopic (exact) mass is 380 g/mol. The molecule has 0 amide bonds. The Morgan fingerprint density at radius 2 is 1.73 bits per heavy atom. The van der Waals surface area contributed by atoms with Crippen LogP contribution in [0.25, 0.3) is 0 Å². The molecule has 1 aromatic heterocycles. The third-order valence-electron chi connectivity index (χ3n) is 3.85. The van der Waals surface area contributed by atoms with Crippen LogP contribution in [0, 0.1) is 0 Å². The van der Waals surface area contributed by atoms with E-state index in [0.717, 1.165) is 0 Å². The number of morpholine rings is 1. The van der Waals surface area contributed by atoms with E-state index >= 15 is 0 Å². The fourth-order valence-corrected chi connectivity index (χ4v) is 3.54. The van der Waals surface area contributed by atoms with Crippen LogP contribution in [0.1, 0.15) is 0 Å². The molecule has 2 aromatic rings. The van der Waals surface area contributed by atoms with Gasteiger partial charge in [-0.2, -0.15) is 0 Å². The van der Waals surface area contributed by atoms with Crippen molar-refractivity contribution in [1.29, 1.82) is 0 Å². The summed E-state index contributed by atoms with van der Waals surface area (Å²) in [6, 6.07) is 4.36. The molecular formula is C16H20N4O5S. The van der Waals surface area contributed by atoms with Crippen LogP contribution in [-0.2, 0) is 14.8 Å². The average Bonchev–Trinajstić information content (AvgIpc) is 2.68. The molecule has 1 fully saturated rings. The molecule has 3 rings (SSSR count). The first kappa shape index (κ1) is 18.2. The van der Waals surface area contributed by atoms with Gasteiger partial charge in [-0.25, -0.2) is 18.4 Å². The maximum Gasteiger partial charge on any atom is 0.262 e. The van der Waals surface area contributed by atoms with Gasteiger partial charge in [0.05, 0.1) is 50.4 Å². The van der Waals surface area contributed by atoms with Crippen LogP contribution in [0.3, 0.4) is 0 Å². The molecule has 0 aliphatic carbocycles. The van der Waals surface area contributed by atoms with Gasteiger partial charge in [0.1, 0.15) is 0 Å². The summed E-state index contributed by atoms with van der Waals surface area (Å²) in [6.07, 6.45) is 2.88. The van der Waals surface area contributed by atoms with Gasteiger partial charge in [0.2, 0.25) is 5.95 Å². The van der Waals surface area contributed by atoms with Crippen molar-refractivity contribution in [2.75, 3.05) is 50.1 Å². The number of nitrogens with zero attached hydrogens (tertiary/aromatic N) is 3. The van der Waals surface area contributed by atoms with Crippen molar-refractivity contribution >= 4 is 21.7 Å². The number of benzene rings is 1. The number of ether oxygens (including phenoxy) is 3. The number of anilines is 2. The molecule has 0 unspecified atom stereocenters. The van der Waals surface area contributed by atoms with Crippen LogP contribution in [-0.4, -0.2) is 58.9 Å². The summed E-state index contributed by atoms with van der Waals surface area (Å²) >= 11 is 0. The molecule has 140 valence electrons. The Morgan fingerprint density at radius 1 is 1.08 bits per heavy atom. The first-order chi connectivity index (χ1) is 12.5. The third kappa shape index (κ3) is 3.97. The predicted molar refractivity (Wildman–Crippen MR) is 95.4 cm³/mol. The van der Waals surface area contributed by atoms with Crippen LogP contribution in [0.15, 0.2) is 35.5 Å². The molecule has 9 nitrogen and oxygen atoms in total. The van der Waals surface area contributed by atoms with E-state index in [1.54, 1.807) is 0 Å². The largest absolute Gasteiger partial charge is 0.493 e. The lowest BCUT2D eigenvalue weighted by Crippen LogP contribution is -2.37. The van der Waals surface area contributed by atoms with Gasteiger partial charge in [0, 0.05) is 19.2 Å². The van der Waals surface area contributed by atoms with Crippen molar-refractivity contribution in [2.24, 2.45) is 0 Å². The second-order valence-electron chi connectivity index (χ2n) is 5.49. The van der Waals surface area contributed by atoms with Crippen LogP contribution in [0.4, 0.5) is 11.6 Å². The Bertz CT molecular complexity index is 851. The number of rotatable bonds is 6. The first-order valence-corrected chi connectivity index (χ1v) is 9.41. The molecule has 1 aliphatic rings. The molecule has 1 N–H and O–H groups in total. The second kappa shape index (κ2) is 7.75. The van der Waals surface area contributed by atoms with Gasteiger partial charge in [-0.1, -0.05) is 0 Å². The van der Waals surface area contributed by atoms with Gasteiger partial charge in [0.25, 0.3) is 10.0 Å². The average molecular weight is 380 g/mol. The molecule has 0 radical (unpaired) electrons. The number of hydrogen-bond donors (Lipinski definition) is 1. The minimum atomic E-state index is -3.81. The molecule has 1 aromatic carbocycles. The molecule has 26 heavy (non-hydrogen) atoms. The summed E-state index contributed by atoms with van der Waals surface area (Å²) in [5.74, 6) is 1.32. The number of aromatic nitrogens is 2. The summed E-state index contributed by atoms with van der Waals surface area (Å²) in [5, 5.41) is 0. The van der Waals surface area contributed by atoms with Gasteiger partial charge in [0.15, 0.2) is 11.5 Å². The van der Waals surface area contributed by atoms with Crippen molar-refractivity contribution in [1.82, 2.24) is 9.97 Å². The quantitative estimate of drug-likeness (QED) is 0.796. The summed E-state index contributed by atoms with van der Waals surface area (Å²) in [4.78, 5) is 10.5. The van der Waals surface area contributed by atoms with Gasteiger partial charge in [-0.15, -0.1) is 0 Å². The van der Waals surface area contributed by atoms with Crippen molar-refractivity contribution in [3.8, 4) is 11.5 Å². The Labute approximate surface area is 152 Å². The van der Waals surface area contributed by atoms with Crippen molar-refractivity contribution < 1.29 is 22.6 Å². The summed E-state index contributed by atoms with van der Waals surface area (Å²) in [5.41, 5.74) is 0.275. The minimum absolute atomic E-state index is 0.0485. The molecule has 0 atom stereocenters. The highest BCUT2D eigenvalue weighted by molar-refractivity contribution is 7.92. The van der Waals surface area contributed by atoms with E-state index in [4.69, 9.17) is 14.2 Å².